The van der Waals surface area contributed by atoms with Crippen molar-refractivity contribution >= 4 is 5.91 Å². The molecule has 0 radical (unpaired) electrons. The summed E-state index contributed by atoms with van der Waals surface area (Å²) in [7, 11) is 0. The Hall–Kier alpha value is -2.88. The average molecular weight is 320 g/mol. The Bertz CT molecular complexity index is 824. The number of carbonyl (C=O) groups excluding carboxylic acids is 1. The molecule has 1 heterocycles. The number of hydrogen-bond donors (Lipinski definition) is 1. The molecule has 2 aromatic carbocycles. The van der Waals surface area contributed by atoms with Crippen molar-refractivity contribution in [2.24, 2.45) is 0 Å². The first kappa shape index (κ1) is 16.0. The van der Waals surface area contributed by atoms with Gasteiger partial charge in [-0.3, -0.25) is 4.79 Å². The fourth-order valence-corrected chi connectivity index (χ4v) is 2.41. The van der Waals surface area contributed by atoms with E-state index in [4.69, 9.17) is 4.42 Å². The van der Waals surface area contributed by atoms with Crippen molar-refractivity contribution in [3.63, 3.8) is 0 Å². The predicted octanol–water partition coefficient (Wildman–Crippen LogP) is 4.54. The number of rotatable bonds is 5. The van der Waals surface area contributed by atoms with Gasteiger partial charge in [-0.2, -0.15) is 0 Å². The highest BCUT2D eigenvalue weighted by molar-refractivity contribution is 6.00. The predicted molar refractivity (Wildman–Crippen MR) is 94.6 cm³/mol. The van der Waals surface area contributed by atoms with E-state index in [0.29, 0.717) is 22.8 Å². The number of nitrogens with zero attached hydrogens (tertiary/aromatic N) is 1. The van der Waals surface area contributed by atoms with Crippen LogP contribution in [0.4, 0.5) is 0 Å². The maximum Gasteiger partial charge on any atom is 0.252 e. The van der Waals surface area contributed by atoms with Crippen LogP contribution in [0.1, 0.15) is 30.6 Å². The summed E-state index contributed by atoms with van der Waals surface area (Å²) in [4.78, 5) is 16.9. The molecule has 0 aliphatic carbocycles. The highest BCUT2D eigenvalue weighted by Crippen LogP contribution is 2.28. The molecule has 0 fully saturated rings. The van der Waals surface area contributed by atoms with Gasteiger partial charge in [-0.1, -0.05) is 49.4 Å². The summed E-state index contributed by atoms with van der Waals surface area (Å²) in [6.07, 6.45) is 2.57. The summed E-state index contributed by atoms with van der Waals surface area (Å²) in [5, 5.41) is 2.99. The first-order valence-corrected chi connectivity index (χ1v) is 8.10. The minimum absolute atomic E-state index is 0.112. The minimum Gasteiger partial charge on any atom is -0.436 e. The molecule has 0 aliphatic heterocycles. The van der Waals surface area contributed by atoms with Crippen molar-refractivity contribution < 1.29 is 9.21 Å². The van der Waals surface area contributed by atoms with Crippen LogP contribution in [0, 0.1) is 0 Å². The van der Waals surface area contributed by atoms with Gasteiger partial charge in [-0.25, -0.2) is 4.98 Å². The van der Waals surface area contributed by atoms with Crippen molar-refractivity contribution in [3.05, 3.63) is 66.4 Å². The number of amides is 1. The number of oxazole rings is 1. The zero-order chi connectivity index (χ0) is 16.9. The van der Waals surface area contributed by atoms with Gasteiger partial charge in [-0.05, 0) is 25.5 Å². The van der Waals surface area contributed by atoms with Crippen LogP contribution < -0.4 is 5.32 Å². The maximum atomic E-state index is 12.5. The number of benzene rings is 2. The van der Waals surface area contributed by atoms with Crippen LogP contribution >= 0.6 is 0 Å². The van der Waals surface area contributed by atoms with Gasteiger partial charge < -0.3 is 9.73 Å². The van der Waals surface area contributed by atoms with Gasteiger partial charge in [0.25, 0.3) is 5.91 Å². The Balaban J connectivity index is 1.93. The number of hydrogen-bond acceptors (Lipinski definition) is 3. The lowest BCUT2D eigenvalue weighted by Crippen LogP contribution is -2.32. The van der Waals surface area contributed by atoms with Gasteiger partial charge >= 0.3 is 0 Å². The van der Waals surface area contributed by atoms with E-state index in [1.165, 1.54) is 0 Å². The van der Waals surface area contributed by atoms with Crippen LogP contribution in [-0.2, 0) is 0 Å². The molecular formula is C20H20N2O2. The van der Waals surface area contributed by atoms with E-state index in [9.17, 15) is 4.79 Å². The molecule has 1 aromatic heterocycles. The van der Waals surface area contributed by atoms with Crippen LogP contribution in [0.15, 0.2) is 65.2 Å². The van der Waals surface area contributed by atoms with Gasteiger partial charge in [0.05, 0.1) is 11.8 Å². The highest BCUT2D eigenvalue weighted by Gasteiger charge is 2.17. The first-order chi connectivity index (χ1) is 11.7. The summed E-state index contributed by atoms with van der Waals surface area (Å²) >= 11 is 0. The van der Waals surface area contributed by atoms with Gasteiger partial charge in [-0.15, -0.1) is 0 Å². The fourth-order valence-electron chi connectivity index (χ4n) is 2.41. The van der Waals surface area contributed by atoms with Gasteiger partial charge in [0, 0.05) is 17.2 Å². The van der Waals surface area contributed by atoms with Gasteiger partial charge in [0.2, 0.25) is 5.89 Å². The van der Waals surface area contributed by atoms with Gasteiger partial charge in [0.15, 0.2) is 5.76 Å². The number of nitrogens with one attached hydrogen (secondary N) is 1. The summed E-state index contributed by atoms with van der Waals surface area (Å²) in [5.74, 6) is 1.02. The van der Waals surface area contributed by atoms with Crippen molar-refractivity contribution in [2.45, 2.75) is 26.3 Å². The molecule has 0 saturated heterocycles. The van der Waals surface area contributed by atoms with E-state index in [1.807, 2.05) is 62.4 Å². The van der Waals surface area contributed by atoms with Crippen LogP contribution in [0.3, 0.4) is 0 Å². The summed E-state index contributed by atoms with van der Waals surface area (Å²) in [5.41, 5.74) is 2.22. The molecule has 4 nitrogen and oxygen atoms in total. The molecule has 24 heavy (non-hydrogen) atoms. The smallest absolute Gasteiger partial charge is 0.252 e. The van der Waals surface area contributed by atoms with E-state index in [-0.39, 0.29) is 11.9 Å². The van der Waals surface area contributed by atoms with E-state index >= 15 is 0 Å². The summed E-state index contributed by atoms with van der Waals surface area (Å²) in [6, 6.07) is 17.3. The maximum absolute atomic E-state index is 12.5. The molecule has 1 N–H and O–H groups in total. The Morgan fingerprint density at radius 2 is 1.83 bits per heavy atom. The number of carbonyl (C=O) groups is 1. The molecular weight excluding hydrogens is 300 g/mol. The lowest BCUT2D eigenvalue weighted by Gasteiger charge is -2.12. The fraction of sp³-hybridized carbons (Fsp3) is 0.200. The largest absolute Gasteiger partial charge is 0.436 e. The van der Waals surface area contributed by atoms with E-state index in [2.05, 4.69) is 10.3 Å². The molecule has 4 heteroatoms. The van der Waals surface area contributed by atoms with E-state index in [0.717, 1.165) is 12.0 Å². The van der Waals surface area contributed by atoms with E-state index < -0.39 is 0 Å². The Kier molecular flexibility index (Phi) is 4.75. The first-order valence-electron chi connectivity index (χ1n) is 8.10. The van der Waals surface area contributed by atoms with Crippen LogP contribution in [0.25, 0.3) is 22.8 Å². The van der Waals surface area contributed by atoms with Crippen molar-refractivity contribution in [1.82, 2.24) is 10.3 Å². The highest BCUT2D eigenvalue weighted by atomic mass is 16.4. The zero-order valence-corrected chi connectivity index (χ0v) is 13.8. The molecule has 3 aromatic rings. The second-order valence-electron chi connectivity index (χ2n) is 5.72. The average Bonchev–Trinajstić information content (AvgIpc) is 3.12. The standard InChI is InChI=1S/C20H20N2O2/c1-3-14(2)22-19(23)16-11-7-8-12-17(16)20-21-13-18(24-20)15-9-5-4-6-10-15/h4-14H,3H2,1-2H3,(H,22,23)/t14-/m1/s1. The van der Waals surface area contributed by atoms with Crippen LogP contribution in [-0.4, -0.2) is 16.9 Å². The third-order valence-electron chi connectivity index (χ3n) is 3.96. The molecule has 3 rings (SSSR count). The molecule has 1 amide bonds. The molecule has 122 valence electrons. The minimum atomic E-state index is -0.112. The molecule has 1 atom stereocenters. The quantitative estimate of drug-likeness (QED) is 0.751. The Morgan fingerprint density at radius 3 is 2.58 bits per heavy atom. The molecule has 0 saturated carbocycles. The Labute approximate surface area is 141 Å². The van der Waals surface area contributed by atoms with Crippen molar-refractivity contribution in [2.75, 3.05) is 0 Å². The number of aromatic nitrogens is 1. The monoisotopic (exact) mass is 320 g/mol. The molecule has 0 bridgehead atoms. The second-order valence-corrected chi connectivity index (χ2v) is 5.72. The van der Waals surface area contributed by atoms with Gasteiger partial charge in [0.1, 0.15) is 0 Å². The third-order valence-corrected chi connectivity index (χ3v) is 3.96. The zero-order valence-electron chi connectivity index (χ0n) is 13.8. The van der Waals surface area contributed by atoms with Crippen molar-refractivity contribution in [1.29, 1.82) is 0 Å². The SMILES string of the molecule is CC[C@@H](C)NC(=O)c1ccccc1-c1ncc(-c2ccccc2)o1. The topological polar surface area (TPSA) is 55.1 Å². The molecule has 0 unspecified atom stereocenters. The normalized spacial score (nSPS) is 11.9. The van der Waals surface area contributed by atoms with Crippen molar-refractivity contribution in [3.8, 4) is 22.8 Å². The molecule has 0 spiro atoms. The Morgan fingerprint density at radius 1 is 1.12 bits per heavy atom. The summed E-state index contributed by atoms with van der Waals surface area (Å²) < 4.78 is 5.89. The lowest BCUT2D eigenvalue weighted by molar-refractivity contribution is 0.0939. The van der Waals surface area contributed by atoms with E-state index in [1.54, 1.807) is 12.3 Å². The van der Waals surface area contributed by atoms with Crippen LogP contribution in [0.2, 0.25) is 0 Å². The second kappa shape index (κ2) is 7.13. The summed E-state index contributed by atoms with van der Waals surface area (Å²) in [6.45, 7) is 4.02. The third kappa shape index (κ3) is 3.38. The lowest BCUT2D eigenvalue weighted by atomic mass is 10.1. The van der Waals surface area contributed by atoms with Crippen LogP contribution in [0.5, 0.6) is 0 Å². The molecule has 0 aliphatic rings.